The molecule has 1 amide bonds. The van der Waals surface area contributed by atoms with E-state index < -0.39 is 0 Å². The van der Waals surface area contributed by atoms with E-state index in [0.717, 1.165) is 15.8 Å². The highest BCUT2D eigenvalue weighted by Crippen LogP contribution is 2.35. The lowest BCUT2D eigenvalue weighted by Crippen LogP contribution is -2.33. The van der Waals surface area contributed by atoms with Crippen LogP contribution in [0.5, 0.6) is 5.75 Å². The van der Waals surface area contributed by atoms with E-state index in [9.17, 15) is 4.79 Å². The highest BCUT2D eigenvalue weighted by atomic mass is 32.1. The second-order valence-electron chi connectivity index (χ2n) is 5.76. The topological polar surface area (TPSA) is 73.8 Å². The van der Waals surface area contributed by atoms with Gasteiger partial charge < -0.3 is 14.2 Å². The van der Waals surface area contributed by atoms with Crippen molar-refractivity contribution >= 4 is 32.6 Å². The van der Waals surface area contributed by atoms with Crippen molar-refractivity contribution in [1.82, 2.24) is 9.97 Å². The maximum Gasteiger partial charge on any atom is 0.298 e. The van der Waals surface area contributed by atoms with Gasteiger partial charge in [0.1, 0.15) is 30.7 Å². The number of para-hydroxylation sites is 1. The van der Waals surface area contributed by atoms with Crippen LogP contribution in [0.2, 0.25) is 0 Å². The molecule has 138 valence electrons. The smallest absolute Gasteiger partial charge is 0.298 e. The normalized spacial score (nSPS) is 13.4. The van der Waals surface area contributed by atoms with E-state index in [1.54, 1.807) is 24.4 Å². The van der Waals surface area contributed by atoms with E-state index in [1.165, 1.54) is 17.6 Å². The van der Waals surface area contributed by atoms with Crippen molar-refractivity contribution < 1.29 is 19.0 Å². The number of hydrogen-bond acceptors (Lipinski definition) is 7. The quantitative estimate of drug-likeness (QED) is 0.674. The van der Waals surface area contributed by atoms with Crippen LogP contribution in [0.4, 0.5) is 5.13 Å². The number of pyridine rings is 1. The lowest BCUT2D eigenvalue weighted by atomic mass is 10.2. The fraction of sp³-hybridized carbons (Fsp3) is 0.211. The number of nitrogens with zero attached hydrogens (tertiary/aromatic N) is 3. The summed E-state index contributed by atoms with van der Waals surface area (Å²) in [5.74, 6) is 0.521. The Morgan fingerprint density at radius 3 is 2.96 bits per heavy atom. The molecule has 0 radical (unpaired) electrons. The molecule has 0 saturated heterocycles. The number of aromatic nitrogens is 2. The SMILES string of the molecule is COc1cccc2sc(N(Cc3cccnc3)C(=O)C3=COCCO3)nc12. The van der Waals surface area contributed by atoms with Gasteiger partial charge in [0.25, 0.3) is 5.91 Å². The second kappa shape index (κ2) is 7.63. The summed E-state index contributed by atoms with van der Waals surface area (Å²) in [6, 6.07) is 9.44. The third kappa shape index (κ3) is 3.56. The molecule has 1 aliphatic heterocycles. The maximum absolute atomic E-state index is 13.1. The van der Waals surface area contributed by atoms with Gasteiger partial charge in [-0.05, 0) is 23.8 Å². The molecule has 0 spiro atoms. The van der Waals surface area contributed by atoms with E-state index in [1.807, 2.05) is 30.3 Å². The van der Waals surface area contributed by atoms with Crippen LogP contribution in [-0.4, -0.2) is 36.2 Å². The molecule has 3 heterocycles. The van der Waals surface area contributed by atoms with Crippen molar-refractivity contribution in [3.8, 4) is 5.75 Å². The van der Waals surface area contributed by atoms with Crippen LogP contribution >= 0.6 is 11.3 Å². The van der Waals surface area contributed by atoms with E-state index in [2.05, 4.69) is 9.97 Å². The van der Waals surface area contributed by atoms with Crippen LogP contribution in [0.25, 0.3) is 10.2 Å². The lowest BCUT2D eigenvalue weighted by molar-refractivity contribution is -0.119. The molecular weight excluding hydrogens is 366 g/mol. The number of anilines is 1. The number of carbonyl (C=O) groups is 1. The summed E-state index contributed by atoms with van der Waals surface area (Å²) in [6.07, 6.45) is 4.77. The Labute approximate surface area is 159 Å². The van der Waals surface area contributed by atoms with Gasteiger partial charge in [-0.3, -0.25) is 14.7 Å². The number of methoxy groups -OCH3 is 1. The number of thiazole rings is 1. The Morgan fingerprint density at radius 2 is 2.22 bits per heavy atom. The zero-order chi connectivity index (χ0) is 18.6. The van der Waals surface area contributed by atoms with Gasteiger partial charge in [-0.25, -0.2) is 4.98 Å². The summed E-state index contributed by atoms with van der Waals surface area (Å²) in [5.41, 5.74) is 1.60. The van der Waals surface area contributed by atoms with Crippen molar-refractivity contribution in [3.05, 3.63) is 60.3 Å². The molecule has 0 atom stereocenters. The minimum atomic E-state index is -0.309. The average molecular weight is 383 g/mol. The summed E-state index contributed by atoms with van der Waals surface area (Å²) in [4.78, 5) is 23.5. The maximum atomic E-state index is 13.1. The van der Waals surface area contributed by atoms with Gasteiger partial charge in [-0.2, -0.15) is 0 Å². The van der Waals surface area contributed by atoms with E-state index in [-0.39, 0.29) is 11.7 Å². The second-order valence-corrected chi connectivity index (χ2v) is 6.77. The first-order chi connectivity index (χ1) is 13.3. The van der Waals surface area contributed by atoms with Gasteiger partial charge in [0.2, 0.25) is 5.76 Å². The van der Waals surface area contributed by atoms with Gasteiger partial charge >= 0.3 is 0 Å². The molecule has 0 aliphatic carbocycles. The number of ether oxygens (including phenoxy) is 3. The molecule has 0 saturated carbocycles. The van der Waals surface area contributed by atoms with Gasteiger partial charge in [0, 0.05) is 12.4 Å². The van der Waals surface area contributed by atoms with Crippen LogP contribution in [-0.2, 0) is 20.8 Å². The molecule has 27 heavy (non-hydrogen) atoms. The minimum absolute atomic E-state index is 0.163. The molecule has 7 nitrogen and oxygen atoms in total. The van der Waals surface area contributed by atoms with Crippen LogP contribution in [0.15, 0.2) is 54.7 Å². The number of hydrogen-bond donors (Lipinski definition) is 0. The van der Waals surface area contributed by atoms with Crippen molar-refractivity contribution in [1.29, 1.82) is 0 Å². The zero-order valence-electron chi connectivity index (χ0n) is 14.6. The van der Waals surface area contributed by atoms with Crippen molar-refractivity contribution in [2.24, 2.45) is 0 Å². The van der Waals surface area contributed by atoms with Crippen LogP contribution in [0.3, 0.4) is 0 Å². The Morgan fingerprint density at radius 1 is 1.30 bits per heavy atom. The molecular formula is C19H17N3O4S. The molecule has 0 bridgehead atoms. The fourth-order valence-electron chi connectivity index (χ4n) is 2.71. The summed E-state index contributed by atoms with van der Waals surface area (Å²) in [5, 5.41) is 0.554. The average Bonchev–Trinajstić information content (AvgIpc) is 3.17. The summed E-state index contributed by atoms with van der Waals surface area (Å²) < 4.78 is 17.1. The first kappa shape index (κ1) is 17.3. The number of benzene rings is 1. The van der Waals surface area contributed by atoms with Crippen LogP contribution in [0.1, 0.15) is 5.56 Å². The highest BCUT2D eigenvalue weighted by Gasteiger charge is 2.27. The number of rotatable bonds is 5. The predicted molar refractivity (Wildman–Crippen MR) is 102 cm³/mol. The molecule has 1 aliphatic rings. The monoisotopic (exact) mass is 383 g/mol. The first-order valence-corrected chi connectivity index (χ1v) is 9.17. The molecule has 4 rings (SSSR count). The molecule has 0 N–H and O–H groups in total. The fourth-order valence-corrected chi connectivity index (χ4v) is 3.69. The van der Waals surface area contributed by atoms with Crippen molar-refractivity contribution in [3.63, 3.8) is 0 Å². The third-order valence-corrected chi connectivity index (χ3v) is 5.03. The third-order valence-electron chi connectivity index (χ3n) is 3.99. The van der Waals surface area contributed by atoms with Crippen LogP contribution < -0.4 is 9.64 Å². The Kier molecular flexibility index (Phi) is 4.88. The molecule has 3 aromatic rings. The van der Waals surface area contributed by atoms with Crippen LogP contribution in [0, 0.1) is 0 Å². The highest BCUT2D eigenvalue weighted by molar-refractivity contribution is 7.22. The van der Waals surface area contributed by atoms with Crippen molar-refractivity contribution in [2.45, 2.75) is 6.54 Å². The van der Waals surface area contributed by atoms with Gasteiger partial charge in [-0.15, -0.1) is 0 Å². The van der Waals surface area contributed by atoms with E-state index in [4.69, 9.17) is 14.2 Å². The van der Waals surface area contributed by atoms with Crippen molar-refractivity contribution in [2.75, 3.05) is 25.2 Å². The first-order valence-electron chi connectivity index (χ1n) is 8.35. The standard InChI is InChI=1S/C19H17N3O4S/c1-24-14-5-2-6-16-17(14)21-19(27-16)22(11-13-4-3-7-20-10-13)18(23)15-12-25-8-9-26-15/h2-7,10,12H,8-9,11H2,1H3. The lowest BCUT2D eigenvalue weighted by Gasteiger charge is -2.23. The Bertz CT molecular complexity index is 987. The molecule has 2 aromatic heterocycles. The Hall–Kier alpha value is -3.13. The molecule has 1 aromatic carbocycles. The number of amides is 1. The predicted octanol–water partition coefficient (Wildman–Crippen LogP) is 3.12. The van der Waals surface area contributed by atoms with Gasteiger partial charge in [0.05, 0.1) is 18.4 Å². The zero-order valence-corrected chi connectivity index (χ0v) is 15.4. The summed E-state index contributed by atoms with van der Waals surface area (Å²) >= 11 is 1.42. The van der Waals surface area contributed by atoms with Gasteiger partial charge in [-0.1, -0.05) is 23.5 Å². The van der Waals surface area contributed by atoms with E-state index >= 15 is 0 Å². The summed E-state index contributed by atoms with van der Waals surface area (Å²) in [7, 11) is 1.60. The van der Waals surface area contributed by atoms with E-state index in [0.29, 0.717) is 30.6 Å². The Balaban J connectivity index is 1.75. The molecule has 8 heteroatoms. The minimum Gasteiger partial charge on any atom is -0.494 e. The molecule has 0 unspecified atom stereocenters. The summed E-state index contributed by atoms with van der Waals surface area (Å²) in [6.45, 7) is 1.08. The molecule has 0 fully saturated rings. The largest absolute Gasteiger partial charge is 0.494 e. The number of fused-ring (bicyclic) bond motifs is 1. The number of carbonyl (C=O) groups excluding carboxylic acids is 1. The van der Waals surface area contributed by atoms with Gasteiger partial charge in [0.15, 0.2) is 5.13 Å².